The van der Waals surface area contributed by atoms with Crippen molar-refractivity contribution in [2.45, 2.75) is 52.3 Å². The van der Waals surface area contributed by atoms with Gasteiger partial charge < -0.3 is 14.1 Å². The standard InChI is InChI=1S/C18H25N3O3/c1-12-10-13(2)21(19-12)14(3)18(22)20-9-5-6-16(20)17-8-7-15(24-17)11-23-4/h7-8,10,14,16H,5-6,9,11H2,1-4H3/t14-,16-/m1/s1. The van der Waals surface area contributed by atoms with Crippen LogP contribution in [0.3, 0.4) is 0 Å². The van der Waals surface area contributed by atoms with Gasteiger partial charge in [0, 0.05) is 19.3 Å². The Hall–Kier alpha value is -2.08. The van der Waals surface area contributed by atoms with Crippen molar-refractivity contribution in [1.82, 2.24) is 14.7 Å². The summed E-state index contributed by atoms with van der Waals surface area (Å²) >= 11 is 0. The van der Waals surface area contributed by atoms with E-state index in [-0.39, 0.29) is 18.0 Å². The van der Waals surface area contributed by atoms with Crippen molar-refractivity contribution in [2.75, 3.05) is 13.7 Å². The Balaban J connectivity index is 1.79. The number of hydrogen-bond acceptors (Lipinski definition) is 4. The Morgan fingerprint density at radius 2 is 2.25 bits per heavy atom. The summed E-state index contributed by atoms with van der Waals surface area (Å²) in [6, 6.07) is 5.56. The van der Waals surface area contributed by atoms with Crippen LogP contribution in [0.2, 0.25) is 0 Å². The number of furan rings is 1. The second-order valence-electron chi connectivity index (χ2n) is 6.47. The van der Waals surface area contributed by atoms with Gasteiger partial charge in [0.05, 0.1) is 11.7 Å². The third kappa shape index (κ3) is 3.11. The Morgan fingerprint density at radius 3 is 2.92 bits per heavy atom. The summed E-state index contributed by atoms with van der Waals surface area (Å²) in [7, 11) is 1.64. The molecule has 1 amide bonds. The van der Waals surface area contributed by atoms with E-state index in [2.05, 4.69) is 5.10 Å². The van der Waals surface area contributed by atoms with E-state index in [0.29, 0.717) is 6.61 Å². The van der Waals surface area contributed by atoms with Crippen LogP contribution >= 0.6 is 0 Å². The molecular formula is C18H25N3O3. The monoisotopic (exact) mass is 331 g/mol. The van der Waals surface area contributed by atoms with E-state index < -0.39 is 0 Å². The fourth-order valence-electron chi connectivity index (χ4n) is 3.50. The highest BCUT2D eigenvalue weighted by atomic mass is 16.5. The summed E-state index contributed by atoms with van der Waals surface area (Å²) in [5.41, 5.74) is 1.94. The molecule has 3 heterocycles. The minimum atomic E-state index is -0.312. The molecule has 130 valence electrons. The highest BCUT2D eigenvalue weighted by Gasteiger charge is 2.35. The van der Waals surface area contributed by atoms with E-state index in [9.17, 15) is 4.79 Å². The third-order valence-corrected chi connectivity index (χ3v) is 4.60. The summed E-state index contributed by atoms with van der Waals surface area (Å²) in [5, 5.41) is 4.46. The molecule has 6 nitrogen and oxygen atoms in total. The van der Waals surface area contributed by atoms with Crippen LogP contribution in [0.5, 0.6) is 0 Å². The molecule has 1 fully saturated rings. The largest absolute Gasteiger partial charge is 0.461 e. The van der Waals surface area contributed by atoms with E-state index in [0.717, 1.165) is 42.3 Å². The zero-order valence-electron chi connectivity index (χ0n) is 14.8. The summed E-state index contributed by atoms with van der Waals surface area (Å²) in [6.45, 7) is 7.04. The number of ether oxygens (including phenoxy) is 1. The molecule has 0 aromatic carbocycles. The molecular weight excluding hydrogens is 306 g/mol. The second-order valence-corrected chi connectivity index (χ2v) is 6.47. The second kappa shape index (κ2) is 6.81. The van der Waals surface area contributed by atoms with E-state index in [1.165, 1.54) is 0 Å². The topological polar surface area (TPSA) is 60.5 Å². The predicted octanol–water partition coefficient (Wildman–Crippen LogP) is 3.16. The molecule has 1 saturated heterocycles. The number of aryl methyl sites for hydroxylation is 2. The first-order valence-electron chi connectivity index (χ1n) is 8.42. The van der Waals surface area contributed by atoms with Gasteiger partial charge in [0.2, 0.25) is 5.91 Å². The van der Waals surface area contributed by atoms with Crippen LogP contribution in [-0.2, 0) is 16.1 Å². The summed E-state index contributed by atoms with van der Waals surface area (Å²) in [5.74, 6) is 1.72. The molecule has 0 saturated carbocycles. The van der Waals surface area contributed by atoms with Crippen LogP contribution in [0, 0.1) is 13.8 Å². The summed E-state index contributed by atoms with van der Waals surface area (Å²) < 4.78 is 12.8. The van der Waals surface area contributed by atoms with Gasteiger partial charge >= 0.3 is 0 Å². The third-order valence-electron chi connectivity index (χ3n) is 4.60. The number of carbonyl (C=O) groups excluding carboxylic acids is 1. The van der Waals surface area contributed by atoms with E-state index in [1.807, 2.05) is 48.6 Å². The number of rotatable bonds is 5. The molecule has 2 atom stereocenters. The summed E-state index contributed by atoms with van der Waals surface area (Å²) in [4.78, 5) is 14.9. The molecule has 2 aromatic heterocycles. The average molecular weight is 331 g/mol. The van der Waals surface area contributed by atoms with Crippen molar-refractivity contribution in [3.8, 4) is 0 Å². The van der Waals surface area contributed by atoms with Gasteiger partial charge in [0.1, 0.15) is 24.2 Å². The Labute approximate surface area is 142 Å². The maximum Gasteiger partial charge on any atom is 0.247 e. The van der Waals surface area contributed by atoms with Crippen LogP contribution in [0.25, 0.3) is 0 Å². The number of methoxy groups -OCH3 is 1. The van der Waals surface area contributed by atoms with Crippen LogP contribution in [0.4, 0.5) is 0 Å². The molecule has 0 radical (unpaired) electrons. The number of hydrogen-bond donors (Lipinski definition) is 0. The zero-order valence-corrected chi connectivity index (χ0v) is 14.8. The fraction of sp³-hybridized carbons (Fsp3) is 0.556. The number of carbonyl (C=O) groups is 1. The van der Waals surface area contributed by atoms with Crippen molar-refractivity contribution >= 4 is 5.91 Å². The molecule has 0 aliphatic carbocycles. The number of likely N-dealkylation sites (tertiary alicyclic amines) is 1. The Morgan fingerprint density at radius 1 is 1.46 bits per heavy atom. The SMILES string of the molecule is COCc1ccc([C@H]2CCCN2C(=O)[C@@H](C)n2nc(C)cc2C)o1. The van der Waals surface area contributed by atoms with E-state index in [4.69, 9.17) is 9.15 Å². The lowest BCUT2D eigenvalue weighted by atomic mass is 10.1. The fourth-order valence-corrected chi connectivity index (χ4v) is 3.50. The van der Waals surface area contributed by atoms with Crippen LogP contribution in [0.1, 0.15) is 54.8 Å². The summed E-state index contributed by atoms with van der Waals surface area (Å²) in [6.07, 6.45) is 1.91. The smallest absolute Gasteiger partial charge is 0.247 e. The van der Waals surface area contributed by atoms with Gasteiger partial charge in [-0.15, -0.1) is 0 Å². The highest BCUT2D eigenvalue weighted by molar-refractivity contribution is 5.80. The first-order valence-corrected chi connectivity index (χ1v) is 8.42. The Kier molecular flexibility index (Phi) is 4.76. The molecule has 24 heavy (non-hydrogen) atoms. The molecule has 0 unspecified atom stereocenters. The average Bonchev–Trinajstić information content (AvgIpc) is 3.25. The van der Waals surface area contributed by atoms with Crippen molar-refractivity contribution in [3.63, 3.8) is 0 Å². The van der Waals surface area contributed by atoms with Crippen molar-refractivity contribution in [1.29, 1.82) is 0 Å². The number of aromatic nitrogens is 2. The lowest BCUT2D eigenvalue weighted by Gasteiger charge is -2.27. The van der Waals surface area contributed by atoms with Crippen molar-refractivity contribution in [2.24, 2.45) is 0 Å². The van der Waals surface area contributed by atoms with Crippen molar-refractivity contribution < 1.29 is 13.9 Å². The zero-order chi connectivity index (χ0) is 17.3. The number of amides is 1. The van der Waals surface area contributed by atoms with E-state index in [1.54, 1.807) is 7.11 Å². The van der Waals surface area contributed by atoms with Gasteiger partial charge in [-0.1, -0.05) is 0 Å². The highest BCUT2D eigenvalue weighted by Crippen LogP contribution is 2.34. The van der Waals surface area contributed by atoms with Crippen molar-refractivity contribution in [3.05, 3.63) is 41.1 Å². The minimum absolute atomic E-state index is 0.00233. The van der Waals surface area contributed by atoms with Gasteiger partial charge in [-0.25, -0.2) is 0 Å². The van der Waals surface area contributed by atoms with E-state index >= 15 is 0 Å². The van der Waals surface area contributed by atoms with Gasteiger partial charge in [0.25, 0.3) is 0 Å². The first kappa shape index (κ1) is 16.8. The van der Waals surface area contributed by atoms with Crippen LogP contribution in [0.15, 0.2) is 22.6 Å². The molecule has 0 spiro atoms. The minimum Gasteiger partial charge on any atom is -0.461 e. The molecule has 1 aliphatic heterocycles. The normalized spacial score (nSPS) is 19.0. The lowest BCUT2D eigenvalue weighted by molar-refractivity contribution is -0.135. The lowest BCUT2D eigenvalue weighted by Crippen LogP contribution is -2.36. The Bertz CT molecular complexity index is 719. The van der Waals surface area contributed by atoms with Gasteiger partial charge in [0.15, 0.2) is 0 Å². The molecule has 0 N–H and O–H groups in total. The molecule has 0 bridgehead atoms. The van der Waals surface area contributed by atoms with Crippen LogP contribution < -0.4 is 0 Å². The van der Waals surface area contributed by atoms with Gasteiger partial charge in [-0.05, 0) is 51.8 Å². The molecule has 3 rings (SSSR count). The maximum absolute atomic E-state index is 13.0. The maximum atomic E-state index is 13.0. The molecule has 1 aliphatic rings. The number of nitrogens with zero attached hydrogens (tertiary/aromatic N) is 3. The van der Waals surface area contributed by atoms with Gasteiger partial charge in [-0.3, -0.25) is 9.48 Å². The van der Waals surface area contributed by atoms with Gasteiger partial charge in [-0.2, -0.15) is 5.10 Å². The molecule has 6 heteroatoms. The molecule has 2 aromatic rings. The quantitative estimate of drug-likeness (QED) is 0.844. The first-order chi connectivity index (χ1) is 11.5. The predicted molar refractivity (Wildman–Crippen MR) is 89.5 cm³/mol. The van der Waals surface area contributed by atoms with Crippen LogP contribution in [-0.4, -0.2) is 34.2 Å².